The zero-order valence-electron chi connectivity index (χ0n) is 13.7. The van der Waals surface area contributed by atoms with Gasteiger partial charge in [0.25, 0.3) is 5.91 Å². The fourth-order valence-corrected chi connectivity index (χ4v) is 3.17. The van der Waals surface area contributed by atoms with E-state index in [1.807, 2.05) is 0 Å². The van der Waals surface area contributed by atoms with Crippen molar-refractivity contribution in [1.82, 2.24) is 4.57 Å². The number of methoxy groups -OCH3 is 1. The summed E-state index contributed by atoms with van der Waals surface area (Å²) in [5.74, 6) is -0.613. The van der Waals surface area contributed by atoms with E-state index in [9.17, 15) is 14.7 Å². The van der Waals surface area contributed by atoms with Crippen LogP contribution < -0.4 is 4.74 Å². The Morgan fingerprint density at radius 1 is 1.20 bits per heavy atom. The van der Waals surface area contributed by atoms with Gasteiger partial charge in [-0.3, -0.25) is 14.2 Å². The van der Waals surface area contributed by atoms with Crippen LogP contribution in [0.2, 0.25) is 5.02 Å². The number of halogens is 1. The fourth-order valence-electron chi connectivity index (χ4n) is 2.98. The number of fused-ring (bicyclic) bond motifs is 1. The number of ether oxygens (including phenoxy) is 1. The minimum absolute atomic E-state index is 0.175. The number of aromatic nitrogens is 1. The van der Waals surface area contributed by atoms with Crippen LogP contribution >= 0.6 is 11.6 Å². The second-order valence-corrected chi connectivity index (χ2v) is 6.10. The van der Waals surface area contributed by atoms with Gasteiger partial charge < -0.3 is 9.84 Å². The van der Waals surface area contributed by atoms with Crippen LogP contribution in [-0.4, -0.2) is 28.7 Å². The van der Waals surface area contributed by atoms with Crippen LogP contribution in [0.1, 0.15) is 21.6 Å². The van der Waals surface area contributed by atoms with Crippen LogP contribution in [0.5, 0.6) is 5.75 Å². The summed E-state index contributed by atoms with van der Waals surface area (Å²) in [6.07, 6.45) is -0.175. The molecule has 0 aliphatic carbocycles. The predicted octanol–water partition coefficient (Wildman–Crippen LogP) is 3.93. The molecule has 0 aliphatic heterocycles. The molecular weight excluding hydrogens is 342 g/mol. The van der Waals surface area contributed by atoms with Crippen molar-refractivity contribution in [3.05, 3.63) is 64.3 Å². The molecule has 5 nitrogen and oxygen atoms in total. The van der Waals surface area contributed by atoms with E-state index < -0.39 is 5.97 Å². The molecule has 0 bridgehead atoms. The molecule has 3 rings (SSSR count). The molecule has 3 aromatic rings. The summed E-state index contributed by atoms with van der Waals surface area (Å²) in [7, 11) is 1.54. The second kappa shape index (κ2) is 6.61. The van der Waals surface area contributed by atoms with Gasteiger partial charge in [-0.2, -0.15) is 0 Å². The van der Waals surface area contributed by atoms with Gasteiger partial charge in [0.2, 0.25) is 0 Å². The topological polar surface area (TPSA) is 68.5 Å². The summed E-state index contributed by atoms with van der Waals surface area (Å²) < 4.78 is 6.76. The highest BCUT2D eigenvalue weighted by Gasteiger charge is 2.21. The van der Waals surface area contributed by atoms with Crippen LogP contribution in [0, 0.1) is 6.92 Å². The predicted molar refractivity (Wildman–Crippen MR) is 95.7 cm³/mol. The molecule has 2 aromatic carbocycles. The third-order valence-electron chi connectivity index (χ3n) is 4.14. The first-order chi connectivity index (χ1) is 11.9. The number of carboxylic acid groups (broad SMARTS) is 1. The van der Waals surface area contributed by atoms with Crippen LogP contribution in [0.4, 0.5) is 0 Å². The van der Waals surface area contributed by atoms with Gasteiger partial charge in [0.1, 0.15) is 5.75 Å². The standard InChI is InChI=1S/C19H16ClNO4/c1-11-15(10-18(22)23)16-9-14(25-2)6-7-17(16)21(11)19(24)12-4-3-5-13(20)8-12/h3-9H,10H2,1-2H3,(H,22,23). The van der Waals surface area contributed by atoms with Crippen molar-refractivity contribution >= 4 is 34.4 Å². The van der Waals surface area contributed by atoms with Gasteiger partial charge in [0.15, 0.2) is 0 Å². The van der Waals surface area contributed by atoms with Crippen molar-refractivity contribution in [2.24, 2.45) is 0 Å². The maximum absolute atomic E-state index is 13.0. The highest BCUT2D eigenvalue weighted by Crippen LogP contribution is 2.30. The molecule has 0 saturated heterocycles. The first kappa shape index (κ1) is 17.0. The van der Waals surface area contributed by atoms with Crippen LogP contribution in [-0.2, 0) is 11.2 Å². The number of nitrogens with zero attached hydrogens (tertiary/aromatic N) is 1. The maximum Gasteiger partial charge on any atom is 0.307 e. The zero-order chi connectivity index (χ0) is 18.1. The second-order valence-electron chi connectivity index (χ2n) is 5.67. The van der Waals surface area contributed by atoms with E-state index in [0.717, 1.165) is 0 Å². The van der Waals surface area contributed by atoms with E-state index in [2.05, 4.69) is 0 Å². The Labute approximate surface area is 149 Å². The Hall–Kier alpha value is -2.79. The lowest BCUT2D eigenvalue weighted by molar-refractivity contribution is -0.136. The zero-order valence-corrected chi connectivity index (χ0v) is 14.5. The van der Waals surface area contributed by atoms with E-state index in [-0.39, 0.29) is 12.3 Å². The Balaban J connectivity index is 2.25. The molecule has 0 radical (unpaired) electrons. The highest BCUT2D eigenvalue weighted by molar-refractivity contribution is 6.31. The number of rotatable bonds is 4. The number of hydrogen-bond donors (Lipinski definition) is 1. The van der Waals surface area contributed by atoms with Crippen LogP contribution in [0.25, 0.3) is 10.9 Å². The Kier molecular flexibility index (Phi) is 4.51. The Morgan fingerprint density at radius 3 is 2.60 bits per heavy atom. The lowest BCUT2D eigenvalue weighted by Gasteiger charge is -2.08. The number of carbonyl (C=O) groups excluding carboxylic acids is 1. The molecule has 128 valence electrons. The van der Waals surface area contributed by atoms with E-state index >= 15 is 0 Å². The minimum Gasteiger partial charge on any atom is -0.497 e. The molecular formula is C19H16ClNO4. The molecule has 0 saturated carbocycles. The number of hydrogen-bond acceptors (Lipinski definition) is 3. The molecule has 1 heterocycles. The molecule has 6 heteroatoms. The van der Waals surface area contributed by atoms with Crippen molar-refractivity contribution in [3.8, 4) is 5.75 Å². The lowest BCUT2D eigenvalue weighted by Crippen LogP contribution is -2.14. The molecule has 0 aliphatic rings. The van der Waals surface area contributed by atoms with E-state index in [0.29, 0.717) is 38.5 Å². The Bertz CT molecular complexity index is 990. The maximum atomic E-state index is 13.0. The summed E-state index contributed by atoms with van der Waals surface area (Å²) in [4.78, 5) is 24.3. The summed E-state index contributed by atoms with van der Waals surface area (Å²) in [5.41, 5.74) is 2.26. The van der Waals surface area contributed by atoms with Crippen LogP contribution in [0.3, 0.4) is 0 Å². The third-order valence-corrected chi connectivity index (χ3v) is 4.38. The van der Waals surface area contributed by atoms with Crippen molar-refractivity contribution in [2.75, 3.05) is 7.11 Å². The van der Waals surface area contributed by atoms with Crippen molar-refractivity contribution in [1.29, 1.82) is 0 Å². The smallest absolute Gasteiger partial charge is 0.307 e. The van der Waals surface area contributed by atoms with Gasteiger partial charge in [0.05, 0.1) is 19.0 Å². The number of carbonyl (C=O) groups is 2. The van der Waals surface area contributed by atoms with Gasteiger partial charge >= 0.3 is 5.97 Å². The van der Waals surface area contributed by atoms with Crippen molar-refractivity contribution in [2.45, 2.75) is 13.3 Å². The first-order valence-electron chi connectivity index (χ1n) is 7.62. The average Bonchev–Trinajstić information content (AvgIpc) is 2.85. The van der Waals surface area contributed by atoms with Crippen molar-refractivity contribution < 1.29 is 19.4 Å². The molecule has 1 aromatic heterocycles. The molecule has 0 unspecified atom stereocenters. The Morgan fingerprint density at radius 2 is 1.96 bits per heavy atom. The number of carboxylic acids is 1. The largest absolute Gasteiger partial charge is 0.497 e. The minimum atomic E-state index is -0.958. The summed E-state index contributed by atoms with van der Waals surface area (Å²) in [6.45, 7) is 1.74. The van der Waals surface area contributed by atoms with Gasteiger partial charge in [-0.15, -0.1) is 0 Å². The SMILES string of the molecule is COc1ccc2c(c1)c(CC(=O)O)c(C)n2C(=O)c1cccc(Cl)c1. The van der Waals surface area contributed by atoms with E-state index in [4.69, 9.17) is 16.3 Å². The summed E-state index contributed by atoms with van der Waals surface area (Å²) in [6, 6.07) is 11.9. The van der Waals surface area contributed by atoms with Gasteiger partial charge in [-0.1, -0.05) is 17.7 Å². The van der Waals surface area contributed by atoms with Crippen molar-refractivity contribution in [3.63, 3.8) is 0 Å². The quantitative estimate of drug-likeness (QED) is 0.768. The van der Waals surface area contributed by atoms with Crippen LogP contribution in [0.15, 0.2) is 42.5 Å². The van der Waals surface area contributed by atoms with E-state index in [1.165, 1.54) is 4.57 Å². The van der Waals surface area contributed by atoms with Gasteiger partial charge in [-0.25, -0.2) is 0 Å². The summed E-state index contributed by atoms with van der Waals surface area (Å²) >= 11 is 5.99. The monoisotopic (exact) mass is 357 g/mol. The summed E-state index contributed by atoms with van der Waals surface area (Å²) in [5, 5.41) is 10.4. The highest BCUT2D eigenvalue weighted by atomic mass is 35.5. The normalized spacial score (nSPS) is 10.8. The fraction of sp³-hybridized carbons (Fsp3) is 0.158. The first-order valence-corrected chi connectivity index (χ1v) is 8.00. The molecule has 0 atom stereocenters. The average molecular weight is 358 g/mol. The lowest BCUT2D eigenvalue weighted by atomic mass is 10.1. The molecule has 0 fully saturated rings. The number of aliphatic carboxylic acids is 1. The molecule has 0 spiro atoms. The van der Waals surface area contributed by atoms with Gasteiger partial charge in [0, 0.05) is 21.7 Å². The van der Waals surface area contributed by atoms with E-state index in [1.54, 1.807) is 56.5 Å². The van der Waals surface area contributed by atoms with Gasteiger partial charge in [-0.05, 0) is 48.9 Å². The molecule has 0 amide bonds. The molecule has 25 heavy (non-hydrogen) atoms. The number of benzene rings is 2. The molecule has 1 N–H and O–H groups in total. The third kappa shape index (κ3) is 3.10.